The average Bonchev–Trinajstić information content (AvgIpc) is 3.18. The maximum Gasteiger partial charge on any atom is 0.275 e. The summed E-state index contributed by atoms with van der Waals surface area (Å²) in [7, 11) is 0. The first-order valence-corrected chi connectivity index (χ1v) is 7.78. The first-order chi connectivity index (χ1) is 11.3. The van der Waals surface area contributed by atoms with Crippen molar-refractivity contribution in [3.8, 4) is 11.3 Å². The van der Waals surface area contributed by atoms with Crippen LogP contribution < -0.4 is 5.32 Å². The van der Waals surface area contributed by atoms with Crippen molar-refractivity contribution in [2.24, 2.45) is 0 Å². The third-order valence-corrected chi connectivity index (χ3v) is 4.11. The summed E-state index contributed by atoms with van der Waals surface area (Å²) in [4.78, 5) is 25.7. The first kappa shape index (κ1) is 13.6. The van der Waals surface area contributed by atoms with Crippen molar-refractivity contribution >= 4 is 27.9 Å². The van der Waals surface area contributed by atoms with Gasteiger partial charge in [-0.05, 0) is 6.07 Å². The molecule has 0 atom stereocenters. The lowest BCUT2D eigenvalue weighted by molar-refractivity contribution is 0.102. The van der Waals surface area contributed by atoms with Crippen molar-refractivity contribution in [3.05, 3.63) is 66.3 Å². The molecule has 0 aliphatic rings. The van der Waals surface area contributed by atoms with Gasteiger partial charge in [-0.2, -0.15) is 0 Å². The normalized spacial score (nSPS) is 10.8. The van der Waals surface area contributed by atoms with Gasteiger partial charge in [-0.1, -0.05) is 18.2 Å². The SMILES string of the molecule is O=C(Nc1ccccc1-c1cn2ccsc2n1)c1cnccn1. The molecule has 0 radical (unpaired) electrons. The molecule has 0 unspecified atom stereocenters. The Balaban J connectivity index is 1.70. The van der Waals surface area contributed by atoms with Crippen LogP contribution in [0.4, 0.5) is 5.69 Å². The Bertz CT molecular complexity index is 948. The molecule has 3 heterocycles. The van der Waals surface area contributed by atoms with Gasteiger partial charge in [0.15, 0.2) is 4.96 Å². The second-order valence-corrected chi connectivity index (χ2v) is 5.68. The number of benzene rings is 1. The number of hydrogen-bond donors (Lipinski definition) is 1. The molecule has 1 amide bonds. The van der Waals surface area contributed by atoms with Crippen LogP contribution in [-0.2, 0) is 0 Å². The van der Waals surface area contributed by atoms with E-state index in [2.05, 4.69) is 20.3 Å². The Morgan fingerprint density at radius 1 is 1.22 bits per heavy atom. The zero-order chi connectivity index (χ0) is 15.6. The molecule has 23 heavy (non-hydrogen) atoms. The number of thiazole rings is 1. The van der Waals surface area contributed by atoms with Crippen LogP contribution in [0.15, 0.2) is 60.6 Å². The molecule has 1 N–H and O–H groups in total. The number of anilines is 1. The molecule has 0 bridgehead atoms. The summed E-state index contributed by atoms with van der Waals surface area (Å²) in [5.74, 6) is -0.299. The molecule has 4 rings (SSSR count). The van der Waals surface area contributed by atoms with Gasteiger partial charge in [-0.3, -0.25) is 14.2 Å². The Kier molecular flexibility index (Phi) is 3.32. The maximum atomic E-state index is 12.3. The van der Waals surface area contributed by atoms with E-state index in [1.54, 1.807) is 11.3 Å². The molecular weight excluding hydrogens is 310 g/mol. The lowest BCUT2D eigenvalue weighted by Crippen LogP contribution is -2.14. The number of carbonyl (C=O) groups excluding carboxylic acids is 1. The number of nitrogens with one attached hydrogen (secondary N) is 1. The van der Waals surface area contributed by atoms with Gasteiger partial charge in [0.1, 0.15) is 5.69 Å². The van der Waals surface area contributed by atoms with E-state index in [0.717, 1.165) is 16.2 Å². The van der Waals surface area contributed by atoms with Gasteiger partial charge < -0.3 is 5.32 Å². The number of aromatic nitrogens is 4. The van der Waals surface area contributed by atoms with E-state index in [1.165, 1.54) is 18.6 Å². The third-order valence-electron chi connectivity index (χ3n) is 3.34. The molecule has 3 aromatic heterocycles. The van der Waals surface area contributed by atoms with Gasteiger partial charge in [-0.25, -0.2) is 9.97 Å². The van der Waals surface area contributed by atoms with Crippen LogP contribution in [-0.4, -0.2) is 25.3 Å². The number of fused-ring (bicyclic) bond motifs is 1. The fourth-order valence-corrected chi connectivity index (χ4v) is 2.98. The molecule has 0 saturated carbocycles. The molecule has 0 fully saturated rings. The highest BCUT2D eigenvalue weighted by Gasteiger charge is 2.13. The van der Waals surface area contributed by atoms with Crippen LogP contribution >= 0.6 is 11.3 Å². The lowest BCUT2D eigenvalue weighted by Gasteiger charge is -2.08. The minimum absolute atomic E-state index is 0.271. The third kappa shape index (κ3) is 2.58. The highest BCUT2D eigenvalue weighted by Crippen LogP contribution is 2.28. The quantitative estimate of drug-likeness (QED) is 0.629. The molecule has 0 spiro atoms. The van der Waals surface area contributed by atoms with E-state index in [4.69, 9.17) is 0 Å². The molecule has 7 heteroatoms. The predicted molar refractivity (Wildman–Crippen MR) is 88.5 cm³/mol. The van der Waals surface area contributed by atoms with E-state index in [0.29, 0.717) is 5.69 Å². The number of hydrogen-bond acceptors (Lipinski definition) is 5. The number of carbonyl (C=O) groups is 1. The summed E-state index contributed by atoms with van der Waals surface area (Å²) < 4.78 is 1.96. The fraction of sp³-hybridized carbons (Fsp3) is 0. The Morgan fingerprint density at radius 3 is 2.96 bits per heavy atom. The van der Waals surface area contributed by atoms with Crippen molar-refractivity contribution in [2.75, 3.05) is 5.32 Å². The van der Waals surface area contributed by atoms with E-state index < -0.39 is 0 Å². The molecule has 112 valence electrons. The van der Waals surface area contributed by atoms with Gasteiger partial charge in [0.25, 0.3) is 5.91 Å². The van der Waals surface area contributed by atoms with Gasteiger partial charge >= 0.3 is 0 Å². The highest BCUT2D eigenvalue weighted by molar-refractivity contribution is 7.15. The average molecular weight is 321 g/mol. The molecular formula is C16H11N5OS. The number of amides is 1. The summed E-state index contributed by atoms with van der Waals surface area (Å²) in [5, 5.41) is 4.85. The van der Waals surface area contributed by atoms with Gasteiger partial charge in [0.05, 0.1) is 17.6 Å². The molecule has 4 aromatic rings. The van der Waals surface area contributed by atoms with E-state index >= 15 is 0 Å². The second kappa shape index (κ2) is 5.62. The summed E-state index contributed by atoms with van der Waals surface area (Å²) in [6, 6.07) is 7.56. The second-order valence-electron chi connectivity index (χ2n) is 4.81. The highest BCUT2D eigenvalue weighted by atomic mass is 32.1. The Hall–Kier alpha value is -3.06. The van der Waals surface area contributed by atoms with Crippen molar-refractivity contribution in [1.29, 1.82) is 0 Å². The zero-order valence-corrected chi connectivity index (χ0v) is 12.7. The van der Waals surface area contributed by atoms with Gasteiger partial charge in [0.2, 0.25) is 0 Å². The number of nitrogens with zero attached hydrogens (tertiary/aromatic N) is 4. The van der Waals surface area contributed by atoms with Crippen LogP contribution in [0.1, 0.15) is 10.5 Å². The largest absolute Gasteiger partial charge is 0.320 e. The molecule has 0 aliphatic heterocycles. The summed E-state index contributed by atoms with van der Waals surface area (Å²) in [6.07, 6.45) is 8.35. The van der Waals surface area contributed by atoms with Crippen molar-refractivity contribution in [1.82, 2.24) is 19.4 Å². The molecule has 1 aromatic carbocycles. The Labute approximate surface area is 135 Å². The molecule has 6 nitrogen and oxygen atoms in total. The topological polar surface area (TPSA) is 72.2 Å². The monoisotopic (exact) mass is 321 g/mol. The van der Waals surface area contributed by atoms with Crippen molar-refractivity contribution in [3.63, 3.8) is 0 Å². The Morgan fingerprint density at radius 2 is 2.13 bits per heavy atom. The molecule has 0 saturated heterocycles. The smallest absolute Gasteiger partial charge is 0.275 e. The van der Waals surface area contributed by atoms with Gasteiger partial charge in [-0.15, -0.1) is 11.3 Å². The number of para-hydroxylation sites is 1. The van der Waals surface area contributed by atoms with Crippen LogP contribution in [0.25, 0.3) is 16.2 Å². The minimum atomic E-state index is -0.299. The number of rotatable bonds is 3. The summed E-state index contributed by atoms with van der Waals surface area (Å²) in [5.41, 5.74) is 2.63. The minimum Gasteiger partial charge on any atom is -0.320 e. The zero-order valence-electron chi connectivity index (χ0n) is 11.9. The summed E-state index contributed by atoms with van der Waals surface area (Å²) >= 11 is 1.57. The standard InChI is InChI=1S/C16H11N5OS/c22-15(13-9-17-5-6-18-13)19-12-4-2-1-3-11(12)14-10-21-7-8-23-16(21)20-14/h1-10H,(H,19,22). The van der Waals surface area contributed by atoms with Crippen molar-refractivity contribution < 1.29 is 4.79 Å². The first-order valence-electron chi connectivity index (χ1n) is 6.90. The van der Waals surface area contributed by atoms with E-state index in [1.807, 2.05) is 46.4 Å². The van der Waals surface area contributed by atoms with E-state index in [9.17, 15) is 4.79 Å². The van der Waals surface area contributed by atoms with Crippen LogP contribution in [0.2, 0.25) is 0 Å². The lowest BCUT2D eigenvalue weighted by atomic mass is 10.1. The van der Waals surface area contributed by atoms with Crippen LogP contribution in [0.3, 0.4) is 0 Å². The number of imidazole rings is 1. The fourth-order valence-electron chi connectivity index (χ4n) is 2.28. The maximum absolute atomic E-state index is 12.3. The van der Waals surface area contributed by atoms with Gasteiger partial charge in [0, 0.05) is 35.7 Å². The van der Waals surface area contributed by atoms with Crippen LogP contribution in [0.5, 0.6) is 0 Å². The molecule has 0 aliphatic carbocycles. The van der Waals surface area contributed by atoms with Crippen LogP contribution in [0, 0.1) is 0 Å². The summed E-state index contributed by atoms with van der Waals surface area (Å²) in [6.45, 7) is 0. The van der Waals surface area contributed by atoms with Crippen molar-refractivity contribution in [2.45, 2.75) is 0 Å². The van der Waals surface area contributed by atoms with E-state index in [-0.39, 0.29) is 11.6 Å². The predicted octanol–water partition coefficient (Wildman–Crippen LogP) is 3.11.